The van der Waals surface area contributed by atoms with Crippen molar-refractivity contribution in [2.24, 2.45) is 5.92 Å². The van der Waals surface area contributed by atoms with Crippen LogP contribution in [0.4, 0.5) is 17.2 Å². The van der Waals surface area contributed by atoms with Gasteiger partial charge in [0.25, 0.3) is 5.88 Å². The number of ether oxygens (including phenoxy) is 3. The molecule has 19 heteroatoms. The second-order valence-corrected chi connectivity index (χ2v) is 22.7. The number of thiazole rings is 1. The molecule has 3 aromatic carbocycles. The van der Waals surface area contributed by atoms with Crippen molar-refractivity contribution >= 4 is 40.3 Å². The highest BCUT2D eigenvalue weighted by atomic mass is 32.1. The highest BCUT2D eigenvalue weighted by molar-refractivity contribution is 7.13. The fourth-order valence-electron chi connectivity index (χ4n) is 12.0. The summed E-state index contributed by atoms with van der Waals surface area (Å²) in [6.45, 7) is 12.4. The van der Waals surface area contributed by atoms with E-state index in [4.69, 9.17) is 24.5 Å². The standard InChI is InChI=1S/C58H70N10O8S/c1-34(2)54(58(72)67-32-42(69)25-50(67)57(71)61-35(3)37-12-14-38(15-13-37)55-36(4)60-33-77-55)52-29-53(64-76-52)73-23-22-65-20-18-43(19-21-65)74-45-26-46(27-45)75-44-9-7-8-39(24-44)68-40-16-17-41(68)31-66(30-40)49-28-48(62-63-56(49)59)47-10-5-6-11-51(47)70/h5-15,24,28-29,33-35,40-43,45-46,50,54,69-70H,16-23,25-27,30-32H2,1-4H3,(H2,59,63)(H,61,71)/t35-,40+,41?,42+,45?,46?,50-,54+/m0/s1. The van der Waals surface area contributed by atoms with Gasteiger partial charge in [-0.2, -0.15) is 0 Å². The number of aliphatic hydroxyl groups is 1. The molecule has 4 aliphatic heterocycles. The zero-order valence-corrected chi connectivity index (χ0v) is 45.1. The summed E-state index contributed by atoms with van der Waals surface area (Å²) < 4.78 is 24.9. The van der Waals surface area contributed by atoms with Gasteiger partial charge in [0.05, 0.1) is 51.8 Å². The number of hydrogen-bond donors (Lipinski definition) is 4. The molecular formula is C58H70N10O8S. The van der Waals surface area contributed by atoms with Crippen LogP contribution >= 0.6 is 11.3 Å². The predicted molar refractivity (Wildman–Crippen MR) is 294 cm³/mol. The van der Waals surface area contributed by atoms with Gasteiger partial charge in [-0.25, -0.2) is 4.98 Å². The summed E-state index contributed by atoms with van der Waals surface area (Å²) in [5, 5.41) is 37.0. The minimum atomic E-state index is -0.827. The Hall–Kier alpha value is -6.80. The molecule has 7 heterocycles. The van der Waals surface area contributed by atoms with Crippen molar-refractivity contribution in [3.63, 3.8) is 0 Å². The molecule has 18 nitrogen and oxygen atoms in total. The van der Waals surface area contributed by atoms with Crippen molar-refractivity contribution in [1.82, 2.24) is 35.5 Å². The van der Waals surface area contributed by atoms with Gasteiger partial charge in [-0.05, 0) is 92.1 Å². The van der Waals surface area contributed by atoms with Gasteiger partial charge in [-0.3, -0.25) is 14.5 Å². The molecule has 1 saturated carbocycles. The number of aliphatic hydroxyl groups excluding tert-OH is 1. The number of amides is 2. The number of aromatic nitrogens is 4. The number of nitrogen functional groups attached to an aromatic ring is 1. The van der Waals surface area contributed by atoms with Crippen LogP contribution in [-0.2, 0) is 14.3 Å². The summed E-state index contributed by atoms with van der Waals surface area (Å²) in [7, 11) is 0. The van der Waals surface area contributed by atoms with Gasteiger partial charge in [-0.1, -0.05) is 56.3 Å². The molecule has 2 amide bonds. The average molecular weight is 1070 g/mol. The molecule has 1 aliphatic carbocycles. The lowest BCUT2D eigenvalue weighted by Gasteiger charge is -2.44. The molecule has 1 unspecified atom stereocenters. The normalized spacial score (nSPS) is 23.5. The minimum absolute atomic E-state index is 0.0551. The van der Waals surface area contributed by atoms with Crippen molar-refractivity contribution in [3.05, 3.63) is 107 Å². The molecule has 3 aromatic heterocycles. The SMILES string of the molecule is Cc1ncsc1-c1ccc([C@H](C)NC(=O)[C@@H]2C[C@@H](O)CN2C(=O)[C@@H](c2cc(OCCN3CCC(OC4CC(Oc5cccc(N6C7CC[C@@H]6CN(c6cc(-c8ccccc8O)nnc6N)C7)c5)C4)CC3)no2)C(C)C)cc1. The van der Waals surface area contributed by atoms with Crippen molar-refractivity contribution in [2.45, 2.75) is 127 Å². The summed E-state index contributed by atoms with van der Waals surface area (Å²) >= 11 is 1.59. The van der Waals surface area contributed by atoms with E-state index in [0.29, 0.717) is 54.0 Å². The van der Waals surface area contributed by atoms with Crippen LogP contribution in [0.25, 0.3) is 21.7 Å². The number of phenols is 1. The van der Waals surface area contributed by atoms with E-state index in [9.17, 15) is 19.8 Å². The number of hydrogen-bond acceptors (Lipinski definition) is 17. The van der Waals surface area contributed by atoms with E-state index in [1.165, 1.54) is 10.6 Å². The Morgan fingerprint density at radius 3 is 2.38 bits per heavy atom. The van der Waals surface area contributed by atoms with Crippen LogP contribution in [0.1, 0.15) is 94.7 Å². The Kier molecular flexibility index (Phi) is 15.4. The maximum absolute atomic E-state index is 14.3. The van der Waals surface area contributed by atoms with Crippen molar-refractivity contribution < 1.29 is 38.5 Å². The maximum Gasteiger partial charge on any atom is 0.254 e. The summed E-state index contributed by atoms with van der Waals surface area (Å²) in [5.74, 6) is 0.623. The molecule has 406 valence electrons. The molecule has 2 bridgehead atoms. The molecule has 6 atom stereocenters. The first-order valence-electron chi connectivity index (χ1n) is 27.3. The fraction of sp³-hybridized carbons (Fsp3) is 0.483. The third-order valence-corrected chi connectivity index (χ3v) is 17.2. The second kappa shape index (κ2) is 22.7. The van der Waals surface area contributed by atoms with Gasteiger partial charge in [0, 0.05) is 94.0 Å². The Labute approximate surface area is 453 Å². The van der Waals surface area contributed by atoms with Gasteiger partial charge < -0.3 is 54.7 Å². The lowest BCUT2D eigenvalue weighted by atomic mass is 9.91. The highest BCUT2D eigenvalue weighted by Gasteiger charge is 2.44. The lowest BCUT2D eigenvalue weighted by Crippen LogP contribution is -2.54. The summed E-state index contributed by atoms with van der Waals surface area (Å²) in [5.41, 5.74) is 14.5. The van der Waals surface area contributed by atoms with Gasteiger partial charge in [0.2, 0.25) is 11.8 Å². The monoisotopic (exact) mass is 1070 g/mol. The summed E-state index contributed by atoms with van der Waals surface area (Å²) in [6.07, 6.45) is 5.64. The van der Waals surface area contributed by atoms with Crippen LogP contribution in [0, 0.1) is 12.8 Å². The largest absolute Gasteiger partial charge is 0.507 e. The first-order chi connectivity index (χ1) is 37.3. The third-order valence-electron chi connectivity index (χ3n) is 16.2. The van der Waals surface area contributed by atoms with Crippen LogP contribution in [0.2, 0.25) is 0 Å². The van der Waals surface area contributed by atoms with E-state index in [2.05, 4.69) is 64.6 Å². The van der Waals surface area contributed by atoms with Gasteiger partial charge in [0.15, 0.2) is 11.6 Å². The number of anilines is 3. The number of nitrogens with zero attached hydrogens (tertiary/aromatic N) is 8. The number of β-amino-alcohol motifs (C(OH)–C–C–N with tert-alkyl or cyclic N) is 1. The number of nitrogens with two attached hydrogens (primary N) is 1. The van der Waals surface area contributed by atoms with Crippen LogP contribution in [0.3, 0.4) is 0 Å². The number of nitrogens with one attached hydrogen (secondary N) is 1. The molecule has 6 aromatic rings. The molecule has 77 heavy (non-hydrogen) atoms. The topological polar surface area (TPSA) is 218 Å². The number of carbonyl (C=O) groups is 2. The maximum atomic E-state index is 14.3. The molecule has 5 fully saturated rings. The number of para-hydroxylation sites is 1. The molecule has 5 N–H and O–H groups in total. The van der Waals surface area contributed by atoms with Crippen molar-refractivity contribution in [2.75, 3.05) is 61.4 Å². The molecule has 0 radical (unpaired) electrons. The zero-order chi connectivity index (χ0) is 53.3. The minimum Gasteiger partial charge on any atom is -0.507 e. The van der Waals surface area contributed by atoms with E-state index in [0.717, 1.165) is 97.8 Å². The van der Waals surface area contributed by atoms with Gasteiger partial charge in [0.1, 0.15) is 36.2 Å². The molecule has 11 rings (SSSR count). The number of benzene rings is 3. The number of phenolic OH excluding ortho intramolecular Hbond substituents is 1. The lowest BCUT2D eigenvalue weighted by molar-refractivity contribution is -0.141. The predicted octanol–water partition coefficient (Wildman–Crippen LogP) is 7.76. The number of likely N-dealkylation sites (tertiary alicyclic amines) is 2. The van der Waals surface area contributed by atoms with E-state index in [1.807, 2.05) is 75.7 Å². The summed E-state index contributed by atoms with van der Waals surface area (Å²) in [4.78, 5) is 42.2. The number of piperidine rings is 1. The van der Waals surface area contributed by atoms with Crippen LogP contribution in [-0.4, -0.2) is 141 Å². The van der Waals surface area contributed by atoms with E-state index in [1.54, 1.807) is 29.5 Å². The Morgan fingerprint density at radius 1 is 0.883 bits per heavy atom. The number of aromatic hydroxyl groups is 1. The fourth-order valence-corrected chi connectivity index (χ4v) is 12.9. The Balaban J connectivity index is 0.601. The van der Waals surface area contributed by atoms with E-state index < -0.39 is 18.1 Å². The summed E-state index contributed by atoms with van der Waals surface area (Å²) in [6, 6.07) is 26.8. The van der Waals surface area contributed by atoms with Gasteiger partial charge in [-0.15, -0.1) is 21.5 Å². The Bertz CT molecular complexity index is 3000. The Morgan fingerprint density at radius 2 is 1.65 bits per heavy atom. The quantitative estimate of drug-likeness (QED) is 0.0647. The zero-order valence-electron chi connectivity index (χ0n) is 44.2. The number of aryl methyl sites for hydroxylation is 1. The number of piperazine rings is 1. The van der Waals surface area contributed by atoms with Gasteiger partial charge >= 0.3 is 0 Å². The number of fused-ring (bicyclic) bond motifs is 2. The smallest absolute Gasteiger partial charge is 0.254 e. The first kappa shape index (κ1) is 52.3. The van der Waals surface area contributed by atoms with Crippen LogP contribution in [0.5, 0.6) is 17.4 Å². The third kappa shape index (κ3) is 11.5. The molecule has 4 saturated heterocycles. The molecule has 5 aliphatic rings. The first-order valence-corrected chi connectivity index (χ1v) is 28.2. The van der Waals surface area contributed by atoms with Crippen molar-refractivity contribution in [1.29, 1.82) is 0 Å². The average Bonchev–Trinajstić information content (AvgIpc) is 4.23. The highest BCUT2D eigenvalue weighted by Crippen LogP contribution is 2.41. The van der Waals surface area contributed by atoms with Crippen LogP contribution < -0.4 is 30.3 Å². The van der Waals surface area contributed by atoms with Crippen molar-refractivity contribution in [3.8, 4) is 39.1 Å². The number of carbonyl (C=O) groups excluding carboxylic acids is 2. The number of rotatable bonds is 18. The molecular weight excluding hydrogens is 997 g/mol. The second-order valence-electron chi connectivity index (χ2n) is 21.9. The molecule has 0 spiro atoms. The van der Waals surface area contributed by atoms with E-state index in [-0.39, 0.29) is 60.8 Å². The van der Waals surface area contributed by atoms with E-state index >= 15 is 0 Å². The van der Waals surface area contributed by atoms with Crippen LogP contribution in [0.15, 0.2) is 95.0 Å².